The molecule has 4 nitrogen and oxygen atoms in total. The average Bonchev–Trinajstić information content (AvgIpc) is 2.90. The molecule has 0 unspecified atom stereocenters. The second-order valence-electron chi connectivity index (χ2n) is 4.47. The topological polar surface area (TPSA) is 57.8 Å². The van der Waals surface area contributed by atoms with E-state index in [1.807, 2.05) is 24.3 Å². The van der Waals surface area contributed by atoms with Gasteiger partial charge in [-0.1, -0.05) is 43.8 Å². The number of aromatic nitrogens is 2. The van der Waals surface area contributed by atoms with Crippen molar-refractivity contribution in [2.24, 2.45) is 0 Å². The molecule has 0 aliphatic rings. The standard InChI is InChI=1S/C14H17N3OS/c1-10(2)11-5-3-4-6-12(11)17-13(18)9-19-14-15-7-8-16-14/h3-8,10H,9H2,1-2H3,(H,15,16)(H,17,18). The number of benzene rings is 1. The van der Waals surface area contributed by atoms with E-state index < -0.39 is 0 Å². The summed E-state index contributed by atoms with van der Waals surface area (Å²) in [5.41, 5.74) is 2.04. The largest absolute Gasteiger partial charge is 0.340 e. The summed E-state index contributed by atoms with van der Waals surface area (Å²) in [6.07, 6.45) is 3.42. The average molecular weight is 275 g/mol. The van der Waals surface area contributed by atoms with Crippen LogP contribution in [-0.4, -0.2) is 21.6 Å². The number of aromatic amines is 1. The third-order valence-corrected chi connectivity index (χ3v) is 3.57. The first-order valence-corrected chi connectivity index (χ1v) is 7.16. The predicted molar refractivity (Wildman–Crippen MR) is 78.5 cm³/mol. The van der Waals surface area contributed by atoms with Gasteiger partial charge in [-0.25, -0.2) is 4.98 Å². The third kappa shape index (κ3) is 3.86. The van der Waals surface area contributed by atoms with Gasteiger partial charge in [-0.2, -0.15) is 0 Å². The van der Waals surface area contributed by atoms with Crippen LogP contribution in [0, 0.1) is 0 Å². The van der Waals surface area contributed by atoms with Crippen molar-refractivity contribution in [3.05, 3.63) is 42.2 Å². The Kier molecular flexibility index (Phi) is 4.63. The Balaban J connectivity index is 1.95. The van der Waals surface area contributed by atoms with E-state index in [4.69, 9.17) is 0 Å². The number of hydrogen-bond acceptors (Lipinski definition) is 3. The van der Waals surface area contributed by atoms with Crippen LogP contribution in [0.4, 0.5) is 5.69 Å². The summed E-state index contributed by atoms with van der Waals surface area (Å²) in [5.74, 6) is 0.712. The molecule has 2 N–H and O–H groups in total. The van der Waals surface area contributed by atoms with E-state index in [1.165, 1.54) is 11.8 Å². The molecule has 1 aromatic carbocycles. The van der Waals surface area contributed by atoms with Crippen molar-refractivity contribution < 1.29 is 4.79 Å². The Hall–Kier alpha value is -1.75. The van der Waals surface area contributed by atoms with Crippen molar-refractivity contribution in [1.29, 1.82) is 0 Å². The number of hydrogen-bond donors (Lipinski definition) is 2. The third-order valence-electron chi connectivity index (χ3n) is 2.67. The maximum Gasteiger partial charge on any atom is 0.234 e. The summed E-state index contributed by atoms with van der Waals surface area (Å²) >= 11 is 1.39. The lowest BCUT2D eigenvalue weighted by atomic mass is 10.0. The summed E-state index contributed by atoms with van der Waals surface area (Å²) < 4.78 is 0. The maximum atomic E-state index is 11.9. The first-order chi connectivity index (χ1) is 9.16. The van der Waals surface area contributed by atoms with E-state index in [2.05, 4.69) is 29.1 Å². The molecule has 2 rings (SSSR count). The summed E-state index contributed by atoms with van der Waals surface area (Å²) in [6.45, 7) is 4.23. The Morgan fingerprint density at radius 1 is 1.42 bits per heavy atom. The van der Waals surface area contributed by atoms with Gasteiger partial charge in [0.25, 0.3) is 0 Å². The highest BCUT2D eigenvalue weighted by Crippen LogP contribution is 2.24. The molecule has 0 aliphatic heterocycles. The van der Waals surface area contributed by atoms with Crippen LogP contribution in [0.15, 0.2) is 41.8 Å². The van der Waals surface area contributed by atoms with E-state index in [0.717, 1.165) is 16.4 Å². The molecule has 0 atom stereocenters. The fraction of sp³-hybridized carbons (Fsp3) is 0.286. The zero-order chi connectivity index (χ0) is 13.7. The van der Waals surface area contributed by atoms with Gasteiger partial charge in [0.15, 0.2) is 5.16 Å². The van der Waals surface area contributed by atoms with Gasteiger partial charge in [0.05, 0.1) is 5.75 Å². The van der Waals surface area contributed by atoms with Crippen LogP contribution in [-0.2, 0) is 4.79 Å². The molecule has 1 heterocycles. The predicted octanol–water partition coefficient (Wildman–Crippen LogP) is 3.26. The van der Waals surface area contributed by atoms with E-state index in [0.29, 0.717) is 11.7 Å². The van der Waals surface area contributed by atoms with Crippen molar-refractivity contribution in [2.75, 3.05) is 11.1 Å². The highest BCUT2D eigenvalue weighted by molar-refractivity contribution is 7.99. The fourth-order valence-corrected chi connectivity index (χ4v) is 2.39. The van der Waals surface area contributed by atoms with Crippen LogP contribution in [0.3, 0.4) is 0 Å². The van der Waals surface area contributed by atoms with Gasteiger partial charge in [-0.3, -0.25) is 4.79 Å². The van der Waals surface area contributed by atoms with E-state index in [1.54, 1.807) is 12.4 Å². The van der Waals surface area contributed by atoms with Crippen LogP contribution in [0.5, 0.6) is 0 Å². The summed E-state index contributed by atoms with van der Waals surface area (Å²) in [4.78, 5) is 18.9. The number of imidazole rings is 1. The molecule has 2 aromatic rings. The number of carbonyl (C=O) groups is 1. The normalized spacial score (nSPS) is 10.7. The molecule has 5 heteroatoms. The van der Waals surface area contributed by atoms with Gasteiger partial charge in [-0.15, -0.1) is 0 Å². The molecule has 0 spiro atoms. The first-order valence-electron chi connectivity index (χ1n) is 6.18. The summed E-state index contributed by atoms with van der Waals surface area (Å²) in [7, 11) is 0. The van der Waals surface area contributed by atoms with Crippen molar-refractivity contribution in [3.8, 4) is 0 Å². The molecular formula is C14H17N3OS. The van der Waals surface area contributed by atoms with Crippen molar-refractivity contribution in [2.45, 2.75) is 24.9 Å². The molecule has 1 aromatic heterocycles. The fourth-order valence-electron chi connectivity index (χ4n) is 1.76. The zero-order valence-corrected chi connectivity index (χ0v) is 11.8. The first kappa shape index (κ1) is 13.7. The second kappa shape index (κ2) is 6.43. The van der Waals surface area contributed by atoms with Crippen LogP contribution in [0.1, 0.15) is 25.3 Å². The number of amides is 1. The smallest absolute Gasteiger partial charge is 0.234 e. The van der Waals surface area contributed by atoms with Crippen molar-refractivity contribution in [1.82, 2.24) is 9.97 Å². The number of H-pyrrole nitrogens is 1. The lowest BCUT2D eigenvalue weighted by molar-refractivity contribution is -0.113. The van der Waals surface area contributed by atoms with Gasteiger partial charge in [0.1, 0.15) is 0 Å². The second-order valence-corrected chi connectivity index (χ2v) is 5.44. The minimum atomic E-state index is -0.0190. The molecule has 0 aliphatic carbocycles. The van der Waals surface area contributed by atoms with Crippen LogP contribution in [0.25, 0.3) is 0 Å². The molecule has 0 bridgehead atoms. The van der Waals surface area contributed by atoms with E-state index in [9.17, 15) is 4.79 Å². The highest BCUT2D eigenvalue weighted by atomic mass is 32.2. The van der Waals surface area contributed by atoms with E-state index >= 15 is 0 Å². The molecular weight excluding hydrogens is 258 g/mol. The lowest BCUT2D eigenvalue weighted by Crippen LogP contribution is -2.15. The molecule has 1 amide bonds. The minimum Gasteiger partial charge on any atom is -0.340 e. The van der Waals surface area contributed by atoms with E-state index in [-0.39, 0.29) is 5.91 Å². The van der Waals surface area contributed by atoms with Crippen LogP contribution < -0.4 is 5.32 Å². The Morgan fingerprint density at radius 3 is 2.89 bits per heavy atom. The SMILES string of the molecule is CC(C)c1ccccc1NC(=O)CSc1ncc[nH]1. The lowest BCUT2D eigenvalue weighted by Gasteiger charge is -2.13. The van der Waals surface area contributed by atoms with Gasteiger partial charge < -0.3 is 10.3 Å². The monoisotopic (exact) mass is 275 g/mol. The Morgan fingerprint density at radius 2 is 2.21 bits per heavy atom. The summed E-state index contributed by atoms with van der Waals surface area (Å²) in [5, 5.41) is 3.71. The van der Waals surface area contributed by atoms with Crippen molar-refractivity contribution in [3.63, 3.8) is 0 Å². The maximum absolute atomic E-state index is 11.9. The molecule has 0 fully saturated rings. The zero-order valence-electron chi connectivity index (χ0n) is 11.0. The molecule has 0 radical (unpaired) electrons. The number of thioether (sulfide) groups is 1. The minimum absolute atomic E-state index is 0.0190. The molecule has 100 valence electrons. The highest BCUT2D eigenvalue weighted by Gasteiger charge is 2.09. The number of rotatable bonds is 5. The van der Waals surface area contributed by atoms with Crippen molar-refractivity contribution >= 4 is 23.4 Å². The molecule has 0 saturated carbocycles. The molecule has 19 heavy (non-hydrogen) atoms. The number of anilines is 1. The van der Waals surface area contributed by atoms with Gasteiger partial charge in [0, 0.05) is 18.1 Å². The summed E-state index contributed by atoms with van der Waals surface area (Å²) in [6, 6.07) is 7.90. The van der Waals surface area contributed by atoms with Gasteiger partial charge >= 0.3 is 0 Å². The number of nitrogens with zero attached hydrogens (tertiary/aromatic N) is 1. The molecule has 0 saturated heterocycles. The van der Waals surface area contributed by atoms with Gasteiger partial charge in [-0.05, 0) is 17.5 Å². The number of para-hydroxylation sites is 1. The van der Waals surface area contributed by atoms with Crippen LogP contribution in [0.2, 0.25) is 0 Å². The quantitative estimate of drug-likeness (QED) is 0.823. The number of carbonyl (C=O) groups excluding carboxylic acids is 1. The Bertz CT molecular complexity index is 537. The van der Waals surface area contributed by atoms with Gasteiger partial charge in [0.2, 0.25) is 5.91 Å². The van der Waals surface area contributed by atoms with Crippen LogP contribution >= 0.6 is 11.8 Å². The number of nitrogens with one attached hydrogen (secondary N) is 2. The Labute approximate surface area is 117 Å².